The van der Waals surface area contributed by atoms with E-state index in [2.05, 4.69) is 20.4 Å². The molecule has 1 amide bonds. The Kier molecular flexibility index (Phi) is 6.34. The van der Waals surface area contributed by atoms with Gasteiger partial charge in [0.2, 0.25) is 0 Å². The van der Waals surface area contributed by atoms with Crippen LogP contribution in [0.5, 0.6) is 5.75 Å². The lowest BCUT2D eigenvalue weighted by molar-refractivity contribution is 0.00529. The number of amides is 1. The first-order valence-corrected chi connectivity index (χ1v) is 11.8. The van der Waals surface area contributed by atoms with Gasteiger partial charge in [-0.05, 0) is 20.8 Å². The number of rotatable bonds is 5. The Morgan fingerprint density at radius 3 is 2.59 bits per heavy atom. The van der Waals surface area contributed by atoms with Gasteiger partial charge in [-0.1, -0.05) is 0 Å². The summed E-state index contributed by atoms with van der Waals surface area (Å²) >= 11 is 0. The summed E-state index contributed by atoms with van der Waals surface area (Å²) in [7, 11) is 1.52. The second-order valence-corrected chi connectivity index (χ2v) is 10.0. The van der Waals surface area contributed by atoms with Gasteiger partial charge in [-0.25, -0.2) is 32.4 Å². The van der Waals surface area contributed by atoms with Crippen LogP contribution in [-0.4, -0.2) is 81.8 Å². The quantitative estimate of drug-likeness (QED) is 0.545. The number of carbonyl (C=O) groups is 1. The van der Waals surface area contributed by atoms with E-state index in [0.29, 0.717) is 36.4 Å². The molecule has 0 spiro atoms. The molecule has 0 aromatic carbocycles. The van der Waals surface area contributed by atoms with E-state index in [1.165, 1.54) is 22.7 Å². The highest BCUT2D eigenvalue weighted by molar-refractivity contribution is 5.69. The van der Waals surface area contributed by atoms with Gasteiger partial charge < -0.3 is 24.4 Å². The standard InChI is InChI=1S/C24H27F3N6O4/c1-24(2,3)37-23(34)32-8-15(27)16(9-32)29-22-14(26)5-13(25)21(30-22)17-7-28-19-6-18(35-4)20(31-33(17)19)12-10-36-11-12/h5-7,12,15-16H,8-11H2,1-4H3,(H,29,30)/t15-,16-/m0/s1. The Bertz CT molecular complexity index is 1340. The smallest absolute Gasteiger partial charge is 0.410 e. The number of halogens is 3. The van der Waals surface area contributed by atoms with Gasteiger partial charge >= 0.3 is 6.09 Å². The Morgan fingerprint density at radius 1 is 1.19 bits per heavy atom. The molecule has 3 aromatic rings. The number of hydrogen-bond donors (Lipinski definition) is 1. The van der Waals surface area contributed by atoms with Crippen LogP contribution in [0.3, 0.4) is 0 Å². The number of aromatic nitrogens is 4. The Labute approximate surface area is 210 Å². The molecular weight excluding hydrogens is 493 g/mol. The number of anilines is 1. The number of nitrogens with one attached hydrogen (secondary N) is 1. The molecule has 13 heteroatoms. The van der Waals surface area contributed by atoms with Crippen molar-refractivity contribution in [3.8, 4) is 17.1 Å². The van der Waals surface area contributed by atoms with E-state index in [1.54, 1.807) is 26.8 Å². The summed E-state index contributed by atoms with van der Waals surface area (Å²) in [5.74, 6) is -1.76. The largest absolute Gasteiger partial charge is 0.495 e. The van der Waals surface area contributed by atoms with E-state index in [9.17, 15) is 18.0 Å². The molecule has 2 atom stereocenters. The minimum absolute atomic E-state index is 0.00891. The van der Waals surface area contributed by atoms with Crippen LogP contribution in [0.4, 0.5) is 23.8 Å². The van der Waals surface area contributed by atoms with Crippen molar-refractivity contribution in [1.82, 2.24) is 24.5 Å². The van der Waals surface area contributed by atoms with Gasteiger partial charge in [0.25, 0.3) is 0 Å². The van der Waals surface area contributed by atoms with E-state index in [0.717, 1.165) is 0 Å². The fourth-order valence-corrected chi connectivity index (χ4v) is 4.21. The first-order chi connectivity index (χ1) is 17.5. The predicted octanol–water partition coefficient (Wildman–Crippen LogP) is 3.56. The monoisotopic (exact) mass is 520 g/mol. The zero-order chi connectivity index (χ0) is 26.5. The first kappa shape index (κ1) is 25.1. The van der Waals surface area contributed by atoms with Crippen LogP contribution in [0.2, 0.25) is 0 Å². The second kappa shape index (κ2) is 9.36. The fraction of sp³-hybridized carbons (Fsp3) is 0.500. The topological polar surface area (TPSA) is 103 Å². The summed E-state index contributed by atoms with van der Waals surface area (Å²) in [5.41, 5.74) is 0.213. The number of fused-ring (bicyclic) bond motifs is 1. The number of pyridine rings is 1. The molecule has 0 bridgehead atoms. The summed E-state index contributed by atoms with van der Waals surface area (Å²) in [6, 6.07) is 1.37. The summed E-state index contributed by atoms with van der Waals surface area (Å²) < 4.78 is 61.8. The maximum Gasteiger partial charge on any atom is 0.410 e. The van der Waals surface area contributed by atoms with E-state index in [-0.39, 0.29) is 36.2 Å². The van der Waals surface area contributed by atoms with Crippen molar-refractivity contribution >= 4 is 17.6 Å². The summed E-state index contributed by atoms with van der Waals surface area (Å²) in [6.07, 6.45) is -0.819. The van der Waals surface area contributed by atoms with Crippen LogP contribution < -0.4 is 10.1 Å². The van der Waals surface area contributed by atoms with Gasteiger partial charge in [0.1, 0.15) is 34.6 Å². The highest BCUT2D eigenvalue weighted by Gasteiger charge is 2.38. The van der Waals surface area contributed by atoms with Crippen molar-refractivity contribution in [2.45, 2.75) is 44.5 Å². The van der Waals surface area contributed by atoms with Crippen LogP contribution >= 0.6 is 0 Å². The van der Waals surface area contributed by atoms with Gasteiger partial charge in [0, 0.05) is 18.7 Å². The second-order valence-electron chi connectivity index (χ2n) is 10.0. The molecule has 2 saturated heterocycles. The molecule has 5 heterocycles. The lowest BCUT2D eigenvalue weighted by atomic mass is 10.0. The number of likely N-dealkylation sites (tertiary alicyclic amines) is 1. The molecule has 10 nitrogen and oxygen atoms in total. The molecule has 0 aliphatic carbocycles. The lowest BCUT2D eigenvalue weighted by Gasteiger charge is -2.26. The molecule has 2 aliphatic rings. The molecule has 0 unspecified atom stereocenters. The number of hydrogen-bond acceptors (Lipinski definition) is 8. The van der Waals surface area contributed by atoms with Gasteiger partial charge in [-0.2, -0.15) is 5.10 Å². The first-order valence-electron chi connectivity index (χ1n) is 11.8. The third-order valence-electron chi connectivity index (χ3n) is 6.12. The number of ether oxygens (including phenoxy) is 3. The Balaban J connectivity index is 1.44. The fourth-order valence-electron chi connectivity index (χ4n) is 4.21. The van der Waals surface area contributed by atoms with Crippen molar-refractivity contribution in [2.24, 2.45) is 0 Å². The number of alkyl halides is 1. The molecule has 37 heavy (non-hydrogen) atoms. The maximum absolute atomic E-state index is 14.9. The minimum atomic E-state index is -1.51. The molecule has 1 N–H and O–H groups in total. The summed E-state index contributed by atoms with van der Waals surface area (Å²) in [4.78, 5) is 21.9. The van der Waals surface area contributed by atoms with Crippen LogP contribution in [0, 0.1) is 11.6 Å². The molecule has 198 valence electrons. The van der Waals surface area contributed by atoms with Crippen LogP contribution in [-0.2, 0) is 9.47 Å². The molecule has 0 saturated carbocycles. The average molecular weight is 521 g/mol. The van der Waals surface area contributed by atoms with Crippen molar-refractivity contribution in [1.29, 1.82) is 0 Å². The SMILES string of the molecule is COc1cc2ncc(-c3nc(N[C@H]4CN(C(=O)OC(C)(C)C)C[C@@H]4F)c(F)cc3F)n2nc1C1COC1. The Morgan fingerprint density at radius 2 is 1.95 bits per heavy atom. The predicted molar refractivity (Wildman–Crippen MR) is 126 cm³/mol. The molecular formula is C24H27F3N6O4. The van der Waals surface area contributed by atoms with Crippen LogP contribution in [0.15, 0.2) is 18.3 Å². The normalized spacial score (nSPS) is 20.2. The molecule has 0 radical (unpaired) electrons. The third-order valence-corrected chi connectivity index (χ3v) is 6.12. The number of methoxy groups -OCH3 is 1. The zero-order valence-corrected chi connectivity index (χ0v) is 20.8. The molecule has 2 aliphatic heterocycles. The highest BCUT2D eigenvalue weighted by Crippen LogP contribution is 2.33. The van der Waals surface area contributed by atoms with Crippen molar-refractivity contribution in [3.63, 3.8) is 0 Å². The Hall–Kier alpha value is -3.61. The van der Waals surface area contributed by atoms with Crippen molar-refractivity contribution in [2.75, 3.05) is 38.7 Å². The van der Waals surface area contributed by atoms with Gasteiger partial charge in [-0.3, -0.25) is 0 Å². The number of imidazole rings is 1. The average Bonchev–Trinajstić information content (AvgIpc) is 3.36. The third kappa shape index (κ3) is 4.87. The van der Waals surface area contributed by atoms with E-state index >= 15 is 0 Å². The van der Waals surface area contributed by atoms with Gasteiger partial charge in [0.15, 0.2) is 23.1 Å². The number of carbonyl (C=O) groups excluding carboxylic acids is 1. The van der Waals surface area contributed by atoms with E-state index < -0.39 is 35.5 Å². The van der Waals surface area contributed by atoms with Gasteiger partial charge in [-0.15, -0.1) is 0 Å². The van der Waals surface area contributed by atoms with Crippen LogP contribution in [0.25, 0.3) is 17.0 Å². The lowest BCUT2D eigenvalue weighted by Crippen LogP contribution is -2.36. The van der Waals surface area contributed by atoms with Crippen LogP contribution in [0.1, 0.15) is 32.4 Å². The maximum atomic E-state index is 14.9. The molecule has 5 rings (SSSR count). The van der Waals surface area contributed by atoms with Crippen molar-refractivity contribution < 1.29 is 32.2 Å². The summed E-state index contributed by atoms with van der Waals surface area (Å²) in [5, 5.41) is 7.27. The molecule has 2 fully saturated rings. The van der Waals surface area contributed by atoms with Gasteiger partial charge in [0.05, 0.1) is 45.0 Å². The van der Waals surface area contributed by atoms with E-state index in [4.69, 9.17) is 14.2 Å². The van der Waals surface area contributed by atoms with Crippen molar-refractivity contribution in [3.05, 3.63) is 35.7 Å². The summed E-state index contributed by atoms with van der Waals surface area (Å²) in [6.45, 7) is 5.76. The number of nitrogens with zero attached hydrogens (tertiary/aromatic N) is 5. The highest BCUT2D eigenvalue weighted by atomic mass is 19.1. The zero-order valence-electron chi connectivity index (χ0n) is 20.8. The van der Waals surface area contributed by atoms with E-state index in [1.807, 2.05) is 0 Å². The molecule has 3 aromatic heterocycles. The minimum Gasteiger partial charge on any atom is -0.495 e.